The van der Waals surface area contributed by atoms with Crippen LogP contribution in [0.1, 0.15) is 16.7 Å². The molecule has 1 amide bonds. The summed E-state index contributed by atoms with van der Waals surface area (Å²) in [5.74, 6) is 0.339. The van der Waals surface area contributed by atoms with Crippen molar-refractivity contribution in [1.29, 1.82) is 0 Å². The number of fused-ring (bicyclic) bond motifs is 2. The van der Waals surface area contributed by atoms with E-state index >= 15 is 0 Å². The van der Waals surface area contributed by atoms with Crippen LogP contribution in [0.25, 0.3) is 21.9 Å². The molecule has 6 heteroatoms. The maximum Gasteiger partial charge on any atom is 0.340 e. The molecule has 2 heterocycles. The smallest absolute Gasteiger partial charge is 0.340 e. The van der Waals surface area contributed by atoms with Gasteiger partial charge in [0.15, 0.2) is 0 Å². The number of aryl methyl sites for hydroxylation is 2. The fourth-order valence-corrected chi connectivity index (χ4v) is 3.50. The van der Waals surface area contributed by atoms with E-state index in [1.54, 1.807) is 13.2 Å². The van der Waals surface area contributed by atoms with Crippen LogP contribution < -0.4 is 15.7 Å². The van der Waals surface area contributed by atoms with Crippen molar-refractivity contribution in [3.63, 3.8) is 0 Å². The van der Waals surface area contributed by atoms with Gasteiger partial charge in [-0.1, -0.05) is 0 Å². The predicted octanol–water partition coefficient (Wildman–Crippen LogP) is 4.08. The van der Waals surface area contributed by atoms with Crippen LogP contribution in [0.2, 0.25) is 0 Å². The number of methoxy groups -OCH3 is 1. The summed E-state index contributed by atoms with van der Waals surface area (Å²) in [6, 6.07) is 11.2. The monoisotopic (exact) mass is 376 g/mol. The fraction of sp³-hybridized carbons (Fsp3) is 0.182. The zero-order valence-electron chi connectivity index (χ0n) is 15.9. The van der Waals surface area contributed by atoms with E-state index in [0.29, 0.717) is 33.5 Å². The molecular formula is C22H20N2O4. The molecule has 0 fully saturated rings. The van der Waals surface area contributed by atoms with Crippen molar-refractivity contribution >= 4 is 33.5 Å². The molecule has 2 N–H and O–H groups in total. The minimum Gasteiger partial charge on any atom is -0.496 e. The molecule has 0 unspecified atom stereocenters. The Labute approximate surface area is 161 Å². The molecule has 0 bridgehead atoms. The van der Waals surface area contributed by atoms with E-state index in [9.17, 15) is 9.59 Å². The summed E-state index contributed by atoms with van der Waals surface area (Å²) in [6.07, 6.45) is 1.77. The Morgan fingerprint density at radius 3 is 2.79 bits per heavy atom. The molecule has 4 rings (SSSR count). The van der Waals surface area contributed by atoms with Crippen molar-refractivity contribution in [2.24, 2.45) is 0 Å². The van der Waals surface area contributed by atoms with Crippen LogP contribution in [0.5, 0.6) is 5.75 Å². The van der Waals surface area contributed by atoms with Gasteiger partial charge in [0.25, 0.3) is 0 Å². The number of aromatic nitrogens is 1. The average molecular weight is 376 g/mol. The maximum absolute atomic E-state index is 12.6. The van der Waals surface area contributed by atoms with E-state index in [2.05, 4.69) is 10.3 Å². The van der Waals surface area contributed by atoms with Crippen molar-refractivity contribution in [2.45, 2.75) is 20.3 Å². The highest BCUT2D eigenvalue weighted by atomic mass is 16.5. The molecule has 0 spiro atoms. The predicted molar refractivity (Wildman–Crippen MR) is 109 cm³/mol. The molecule has 0 aliphatic carbocycles. The quantitative estimate of drug-likeness (QED) is 0.526. The topological polar surface area (TPSA) is 84.3 Å². The lowest BCUT2D eigenvalue weighted by atomic mass is 10.0. The summed E-state index contributed by atoms with van der Waals surface area (Å²) < 4.78 is 10.9. The number of H-pyrrole nitrogens is 1. The molecule has 4 aromatic rings. The number of hydrogen-bond donors (Lipinski definition) is 2. The molecule has 142 valence electrons. The summed E-state index contributed by atoms with van der Waals surface area (Å²) in [7, 11) is 1.57. The van der Waals surface area contributed by atoms with Crippen molar-refractivity contribution < 1.29 is 13.9 Å². The first-order valence-electron chi connectivity index (χ1n) is 8.94. The zero-order valence-corrected chi connectivity index (χ0v) is 15.9. The minimum absolute atomic E-state index is 0.0771. The number of carbonyl (C=O) groups is 1. The van der Waals surface area contributed by atoms with Gasteiger partial charge in [-0.2, -0.15) is 0 Å². The van der Waals surface area contributed by atoms with Crippen LogP contribution in [0.3, 0.4) is 0 Å². The van der Waals surface area contributed by atoms with Gasteiger partial charge in [0, 0.05) is 22.8 Å². The first-order chi connectivity index (χ1) is 13.5. The van der Waals surface area contributed by atoms with Crippen LogP contribution in [0.4, 0.5) is 5.69 Å². The number of amides is 1. The molecule has 0 aliphatic rings. The number of carbonyl (C=O) groups excluding carboxylic acids is 1. The van der Waals surface area contributed by atoms with Crippen molar-refractivity contribution in [3.8, 4) is 5.75 Å². The molecule has 2 aromatic carbocycles. The molecule has 0 saturated carbocycles. The third-order valence-corrected chi connectivity index (χ3v) is 4.88. The maximum atomic E-state index is 12.6. The van der Waals surface area contributed by atoms with Crippen LogP contribution >= 0.6 is 0 Å². The number of benzene rings is 2. The number of hydrogen-bond acceptors (Lipinski definition) is 4. The van der Waals surface area contributed by atoms with Crippen LogP contribution in [0.15, 0.2) is 51.8 Å². The normalized spacial score (nSPS) is 11.1. The zero-order chi connectivity index (χ0) is 19.8. The second kappa shape index (κ2) is 6.88. The van der Waals surface area contributed by atoms with Crippen LogP contribution in [0, 0.1) is 13.8 Å². The Balaban J connectivity index is 1.67. The molecule has 0 saturated heterocycles. The van der Waals surface area contributed by atoms with Crippen molar-refractivity contribution in [1.82, 2.24) is 4.98 Å². The summed E-state index contributed by atoms with van der Waals surface area (Å²) in [5.41, 5.74) is 3.57. The molecule has 28 heavy (non-hydrogen) atoms. The Morgan fingerprint density at radius 2 is 2.00 bits per heavy atom. The number of nitrogens with one attached hydrogen (secondary N) is 2. The molecule has 0 atom stereocenters. The van der Waals surface area contributed by atoms with Crippen molar-refractivity contribution in [3.05, 3.63) is 69.7 Å². The van der Waals surface area contributed by atoms with Gasteiger partial charge in [-0.05, 0) is 61.4 Å². The highest BCUT2D eigenvalue weighted by molar-refractivity contribution is 5.96. The molecule has 6 nitrogen and oxygen atoms in total. The number of anilines is 1. The minimum atomic E-state index is -0.506. The van der Waals surface area contributed by atoms with E-state index < -0.39 is 5.63 Å². The lowest BCUT2D eigenvalue weighted by Crippen LogP contribution is -2.20. The standard InChI is InChI=1S/C22H20N2O4/c1-12-8-18(27-3)21-13(2)16(22(26)28-19(21)9-12)11-20(25)24-15-4-5-17-14(10-15)6-7-23-17/h4-10,23H,11H2,1-3H3,(H,24,25). The largest absolute Gasteiger partial charge is 0.496 e. The summed E-state index contributed by atoms with van der Waals surface area (Å²) in [4.78, 5) is 28.2. The second-order valence-electron chi connectivity index (χ2n) is 6.84. The fourth-order valence-electron chi connectivity index (χ4n) is 3.50. The Kier molecular flexibility index (Phi) is 4.39. The third-order valence-electron chi connectivity index (χ3n) is 4.88. The number of ether oxygens (including phenoxy) is 1. The van der Waals surface area contributed by atoms with Gasteiger partial charge in [-0.25, -0.2) is 4.79 Å². The summed E-state index contributed by atoms with van der Waals surface area (Å²) in [6.45, 7) is 3.71. The van der Waals surface area contributed by atoms with E-state index in [4.69, 9.17) is 9.15 Å². The van der Waals surface area contributed by atoms with Gasteiger partial charge in [0.2, 0.25) is 5.91 Å². The van der Waals surface area contributed by atoms with E-state index in [-0.39, 0.29) is 12.3 Å². The average Bonchev–Trinajstić information content (AvgIpc) is 3.12. The molecule has 0 aliphatic heterocycles. The van der Waals surface area contributed by atoms with Gasteiger partial charge in [0.1, 0.15) is 11.3 Å². The Hall–Kier alpha value is -3.54. The Bertz CT molecular complexity index is 1270. The lowest BCUT2D eigenvalue weighted by Gasteiger charge is -2.12. The molecule has 2 aromatic heterocycles. The van der Waals surface area contributed by atoms with Gasteiger partial charge in [0.05, 0.1) is 24.5 Å². The van der Waals surface area contributed by atoms with Gasteiger partial charge in [-0.15, -0.1) is 0 Å². The van der Waals surface area contributed by atoms with Crippen molar-refractivity contribution in [2.75, 3.05) is 12.4 Å². The van der Waals surface area contributed by atoms with E-state index in [1.165, 1.54) is 0 Å². The highest BCUT2D eigenvalue weighted by Crippen LogP contribution is 2.31. The van der Waals surface area contributed by atoms with Gasteiger partial charge >= 0.3 is 5.63 Å². The number of aromatic amines is 1. The van der Waals surface area contributed by atoms with Crippen LogP contribution in [-0.2, 0) is 11.2 Å². The SMILES string of the molecule is COc1cc(C)cc2oc(=O)c(CC(=O)Nc3ccc4[nH]ccc4c3)c(C)c12. The number of rotatable bonds is 4. The lowest BCUT2D eigenvalue weighted by molar-refractivity contribution is -0.115. The van der Waals surface area contributed by atoms with Gasteiger partial charge in [-0.3, -0.25) is 4.79 Å². The van der Waals surface area contributed by atoms with Gasteiger partial charge < -0.3 is 19.5 Å². The Morgan fingerprint density at radius 1 is 1.18 bits per heavy atom. The third kappa shape index (κ3) is 3.13. The molecular weight excluding hydrogens is 356 g/mol. The first-order valence-corrected chi connectivity index (χ1v) is 8.94. The first kappa shape index (κ1) is 17.9. The van der Waals surface area contributed by atoms with E-state index in [0.717, 1.165) is 16.5 Å². The molecule has 0 radical (unpaired) electrons. The van der Waals surface area contributed by atoms with Crippen LogP contribution in [-0.4, -0.2) is 18.0 Å². The van der Waals surface area contributed by atoms with E-state index in [1.807, 2.05) is 50.4 Å². The highest BCUT2D eigenvalue weighted by Gasteiger charge is 2.18. The summed E-state index contributed by atoms with van der Waals surface area (Å²) in [5, 5.41) is 4.56. The second-order valence-corrected chi connectivity index (χ2v) is 6.84. The summed E-state index contributed by atoms with van der Waals surface area (Å²) >= 11 is 0.